The van der Waals surface area contributed by atoms with Crippen molar-refractivity contribution in [3.05, 3.63) is 87.0 Å². The predicted molar refractivity (Wildman–Crippen MR) is 167 cm³/mol. The van der Waals surface area contributed by atoms with Crippen LogP contribution in [0.3, 0.4) is 0 Å². The number of aromatic nitrogens is 1. The number of carbonyl (C=O) groups is 1. The van der Waals surface area contributed by atoms with Crippen LogP contribution in [-0.2, 0) is 9.53 Å². The molecule has 1 fully saturated rings. The Balaban J connectivity index is 1.76. The lowest BCUT2D eigenvalue weighted by molar-refractivity contribution is -0.384. The van der Waals surface area contributed by atoms with Gasteiger partial charge in [0.15, 0.2) is 16.3 Å². The lowest BCUT2D eigenvalue weighted by Crippen LogP contribution is -2.40. The average molecular weight is 672 g/mol. The topological polar surface area (TPSA) is 126 Å². The maximum atomic E-state index is 14.2. The number of non-ortho nitro benzene ring substituents is 1. The number of piperidine rings is 1. The van der Waals surface area contributed by atoms with Gasteiger partial charge in [0, 0.05) is 40.9 Å². The number of carbonyl (C=O) groups excluding carboxylic acids is 1. The number of halogens is 1. The number of methoxy groups -OCH3 is 2. The summed E-state index contributed by atoms with van der Waals surface area (Å²) < 4.78 is 18.8. The summed E-state index contributed by atoms with van der Waals surface area (Å²) in [4.78, 5) is 46.0. The summed E-state index contributed by atoms with van der Waals surface area (Å²) in [5.41, 5.74) is 2.17. The van der Waals surface area contributed by atoms with Crippen LogP contribution in [0.2, 0.25) is 0 Å². The molecule has 5 rings (SSSR count). The fourth-order valence-corrected chi connectivity index (χ4v) is 7.08. The van der Waals surface area contributed by atoms with Gasteiger partial charge >= 0.3 is 5.97 Å². The number of esters is 1. The monoisotopic (exact) mass is 670 g/mol. The summed E-state index contributed by atoms with van der Waals surface area (Å²) in [6.07, 6.45) is 4.86. The van der Waals surface area contributed by atoms with E-state index in [9.17, 15) is 19.7 Å². The van der Waals surface area contributed by atoms with Crippen molar-refractivity contribution in [2.24, 2.45) is 4.99 Å². The maximum Gasteiger partial charge on any atom is 0.338 e. The van der Waals surface area contributed by atoms with Gasteiger partial charge in [0.25, 0.3) is 11.2 Å². The molecule has 0 bridgehead atoms. The van der Waals surface area contributed by atoms with Crippen molar-refractivity contribution >= 4 is 50.7 Å². The number of thiazole rings is 1. The van der Waals surface area contributed by atoms with Gasteiger partial charge in [-0.25, -0.2) is 9.79 Å². The molecule has 0 radical (unpaired) electrons. The molecule has 2 aliphatic rings. The molecule has 3 aromatic rings. The minimum Gasteiger partial charge on any atom is -0.493 e. The number of allylic oxidation sites excluding steroid dienone is 1. The molecule has 0 aliphatic carbocycles. The Labute approximate surface area is 260 Å². The van der Waals surface area contributed by atoms with Crippen LogP contribution in [0.25, 0.3) is 6.08 Å². The van der Waals surface area contributed by atoms with Gasteiger partial charge in [-0.1, -0.05) is 27.3 Å². The molecule has 0 spiro atoms. The number of anilines is 1. The van der Waals surface area contributed by atoms with E-state index in [4.69, 9.17) is 14.2 Å². The Morgan fingerprint density at radius 2 is 1.86 bits per heavy atom. The van der Waals surface area contributed by atoms with Gasteiger partial charge < -0.3 is 19.1 Å². The standard InChI is InChI=1S/C30H31BrN4O7S/c1-5-42-29(37)26-17(2)32-30-34(27(26)20-15-23(40-3)24(41-4)16-21(20)31)28(36)25(43-30)14-18-13-19(35(38)39)9-10-22(18)33-11-7-6-8-12-33/h9-10,13-16,27H,5-8,11-12H2,1-4H3/b25-14-. The smallest absolute Gasteiger partial charge is 0.338 e. The van der Waals surface area contributed by atoms with E-state index >= 15 is 0 Å². The largest absolute Gasteiger partial charge is 0.493 e. The van der Waals surface area contributed by atoms with Crippen molar-refractivity contribution in [1.82, 2.24) is 4.57 Å². The van der Waals surface area contributed by atoms with Crippen LogP contribution in [0.15, 0.2) is 55.9 Å². The molecule has 2 aliphatic heterocycles. The normalized spacial score (nSPS) is 16.9. The molecule has 1 atom stereocenters. The number of hydrogen-bond donors (Lipinski definition) is 0. The van der Waals surface area contributed by atoms with Crippen LogP contribution in [0, 0.1) is 10.1 Å². The second-order valence-electron chi connectivity index (χ2n) is 10.1. The van der Waals surface area contributed by atoms with Crippen molar-refractivity contribution < 1.29 is 23.9 Å². The Morgan fingerprint density at radius 1 is 1.16 bits per heavy atom. The first-order valence-corrected chi connectivity index (χ1v) is 15.4. The van der Waals surface area contributed by atoms with Gasteiger partial charge in [-0.05, 0) is 62.9 Å². The first-order chi connectivity index (χ1) is 20.7. The third-order valence-corrected chi connectivity index (χ3v) is 9.19. The average Bonchev–Trinajstić information content (AvgIpc) is 3.30. The summed E-state index contributed by atoms with van der Waals surface area (Å²) in [6.45, 7) is 5.22. The SMILES string of the molecule is CCOC(=O)C1=C(C)N=c2s/c(=C\c3cc([N+](=O)[O-])ccc3N3CCCCC3)c(=O)n2C1c1cc(OC)c(OC)cc1Br. The van der Waals surface area contributed by atoms with Gasteiger partial charge in [-0.15, -0.1) is 0 Å². The van der Waals surface area contributed by atoms with Crippen molar-refractivity contribution in [1.29, 1.82) is 0 Å². The summed E-state index contributed by atoms with van der Waals surface area (Å²) in [5, 5.41) is 11.7. The molecule has 0 saturated carbocycles. The summed E-state index contributed by atoms with van der Waals surface area (Å²) >= 11 is 4.77. The molecule has 1 unspecified atom stereocenters. The van der Waals surface area contributed by atoms with Gasteiger partial charge in [0.2, 0.25) is 0 Å². The van der Waals surface area contributed by atoms with Crippen molar-refractivity contribution in [2.75, 3.05) is 38.8 Å². The van der Waals surface area contributed by atoms with E-state index in [-0.39, 0.29) is 23.4 Å². The van der Waals surface area contributed by atoms with Crippen molar-refractivity contribution in [2.45, 2.75) is 39.2 Å². The Bertz CT molecular complexity index is 1810. The highest BCUT2D eigenvalue weighted by Crippen LogP contribution is 2.41. The molecule has 1 aromatic heterocycles. The fourth-order valence-electron chi connectivity index (χ4n) is 5.50. The number of ether oxygens (including phenoxy) is 3. The zero-order valence-corrected chi connectivity index (χ0v) is 26.6. The van der Waals surface area contributed by atoms with Crippen LogP contribution in [0.5, 0.6) is 11.5 Å². The number of nitrogens with zero attached hydrogens (tertiary/aromatic N) is 4. The summed E-state index contributed by atoms with van der Waals surface area (Å²) in [7, 11) is 3.03. The first-order valence-electron chi connectivity index (χ1n) is 13.8. The van der Waals surface area contributed by atoms with Gasteiger partial charge in [-0.3, -0.25) is 19.5 Å². The molecule has 0 amide bonds. The third kappa shape index (κ3) is 5.83. The van der Waals surface area contributed by atoms with Gasteiger partial charge in [0.05, 0.1) is 47.6 Å². The zero-order valence-electron chi connectivity index (χ0n) is 24.2. The van der Waals surface area contributed by atoms with Crippen LogP contribution in [0.1, 0.15) is 50.3 Å². The lowest BCUT2D eigenvalue weighted by atomic mass is 9.95. The van der Waals surface area contributed by atoms with E-state index in [0.29, 0.717) is 42.1 Å². The molecular formula is C30H31BrN4O7S. The molecule has 43 heavy (non-hydrogen) atoms. The Hall–Kier alpha value is -3.97. The lowest BCUT2D eigenvalue weighted by Gasteiger charge is -2.30. The van der Waals surface area contributed by atoms with Gasteiger partial charge in [-0.2, -0.15) is 0 Å². The third-order valence-electron chi connectivity index (χ3n) is 7.52. The summed E-state index contributed by atoms with van der Waals surface area (Å²) in [5.74, 6) is 0.305. The molecule has 2 aromatic carbocycles. The van der Waals surface area contributed by atoms with Crippen LogP contribution in [-0.4, -0.2) is 49.4 Å². The highest BCUT2D eigenvalue weighted by Gasteiger charge is 2.35. The van der Waals surface area contributed by atoms with Crippen molar-refractivity contribution in [3.8, 4) is 11.5 Å². The Kier molecular flexibility index (Phi) is 9.02. The highest BCUT2D eigenvalue weighted by atomic mass is 79.9. The van der Waals surface area contributed by atoms with Crippen LogP contribution >= 0.6 is 27.3 Å². The number of nitro groups is 1. The van der Waals surface area contributed by atoms with E-state index in [1.165, 1.54) is 30.9 Å². The van der Waals surface area contributed by atoms with Gasteiger partial charge in [0.1, 0.15) is 0 Å². The van der Waals surface area contributed by atoms with E-state index in [2.05, 4.69) is 25.8 Å². The first kappa shape index (κ1) is 30.5. The molecule has 3 heterocycles. The van der Waals surface area contributed by atoms with E-state index in [1.54, 1.807) is 38.1 Å². The zero-order chi connectivity index (χ0) is 30.8. The quantitative estimate of drug-likeness (QED) is 0.195. The highest BCUT2D eigenvalue weighted by molar-refractivity contribution is 9.10. The number of benzene rings is 2. The number of nitro benzene ring substituents is 1. The Morgan fingerprint density at radius 3 is 2.51 bits per heavy atom. The molecule has 226 valence electrons. The molecule has 0 N–H and O–H groups in total. The molecular weight excluding hydrogens is 640 g/mol. The second kappa shape index (κ2) is 12.7. The van der Waals surface area contributed by atoms with E-state index in [0.717, 1.165) is 49.4 Å². The number of hydrogen-bond acceptors (Lipinski definition) is 10. The summed E-state index contributed by atoms with van der Waals surface area (Å²) in [6, 6.07) is 7.29. The molecule has 1 saturated heterocycles. The molecule has 13 heteroatoms. The minimum absolute atomic E-state index is 0.0626. The number of rotatable bonds is 8. The maximum absolute atomic E-state index is 14.2. The predicted octanol–water partition coefficient (Wildman–Crippen LogP) is 4.48. The second-order valence-corrected chi connectivity index (χ2v) is 11.9. The van der Waals surface area contributed by atoms with Crippen LogP contribution in [0.4, 0.5) is 11.4 Å². The van der Waals surface area contributed by atoms with E-state index < -0.39 is 16.9 Å². The molecule has 11 nitrogen and oxygen atoms in total. The minimum atomic E-state index is -0.890. The fraction of sp³-hybridized carbons (Fsp3) is 0.367. The van der Waals surface area contributed by atoms with E-state index in [1.807, 2.05) is 0 Å². The van der Waals surface area contributed by atoms with Crippen molar-refractivity contribution in [3.63, 3.8) is 0 Å². The number of fused-ring (bicyclic) bond motifs is 1. The van der Waals surface area contributed by atoms with Crippen LogP contribution < -0.4 is 29.3 Å².